The van der Waals surface area contributed by atoms with E-state index in [1.54, 1.807) is 0 Å². The highest BCUT2D eigenvalue weighted by Gasteiger charge is 2.55. The molecule has 0 radical (unpaired) electrons. The Labute approximate surface area is 95.8 Å². The van der Waals surface area contributed by atoms with Gasteiger partial charge in [-0.15, -0.1) is 0 Å². The zero-order valence-corrected chi connectivity index (χ0v) is 9.57. The van der Waals surface area contributed by atoms with Crippen molar-refractivity contribution in [3.63, 3.8) is 0 Å². The normalized spacial score (nSPS) is 35.9. The van der Waals surface area contributed by atoms with Crippen LogP contribution in [-0.2, 0) is 4.79 Å². The van der Waals surface area contributed by atoms with E-state index in [1.807, 2.05) is 0 Å². The molecule has 3 atom stereocenters. The van der Waals surface area contributed by atoms with Crippen LogP contribution < -0.4 is 0 Å². The third kappa shape index (κ3) is 1.63. The second-order valence-electron chi connectivity index (χ2n) is 5.14. The van der Waals surface area contributed by atoms with Gasteiger partial charge in [-0.05, 0) is 31.1 Å². The van der Waals surface area contributed by atoms with Gasteiger partial charge in [-0.25, -0.2) is 0 Å². The quantitative estimate of drug-likeness (QED) is 0.739. The Hall–Kier alpha value is -1.30. The van der Waals surface area contributed by atoms with Crippen LogP contribution in [0, 0.1) is 28.6 Å². The monoisotopic (exact) mass is 219 g/mol. The van der Waals surface area contributed by atoms with Gasteiger partial charge >= 0.3 is 5.97 Å². The van der Waals surface area contributed by atoms with E-state index in [-0.39, 0.29) is 11.8 Å². The summed E-state index contributed by atoms with van der Waals surface area (Å²) < 4.78 is 0. The summed E-state index contributed by atoms with van der Waals surface area (Å²) in [6.07, 6.45) is 5.87. The maximum Gasteiger partial charge on any atom is 0.303 e. The Morgan fingerprint density at radius 1 is 1.75 bits per heavy atom. The molecule has 3 nitrogen and oxygen atoms in total. The Bertz CT molecular complexity index is 380. The molecule has 0 aromatic carbocycles. The molecular weight excluding hydrogens is 202 g/mol. The van der Waals surface area contributed by atoms with Crippen LogP contribution in [0.4, 0.5) is 0 Å². The van der Waals surface area contributed by atoms with E-state index in [4.69, 9.17) is 10.4 Å². The summed E-state index contributed by atoms with van der Waals surface area (Å²) in [5.74, 6) is 0.188. The van der Waals surface area contributed by atoms with E-state index in [0.717, 1.165) is 19.3 Å². The van der Waals surface area contributed by atoms with Crippen LogP contribution >= 0.6 is 0 Å². The molecular formula is C13H17NO2. The number of carbonyl (C=O) groups is 1. The van der Waals surface area contributed by atoms with Crippen molar-refractivity contribution in [3.05, 3.63) is 11.6 Å². The van der Waals surface area contributed by atoms with Crippen molar-refractivity contribution in [2.45, 2.75) is 39.0 Å². The average molecular weight is 219 g/mol. The average Bonchev–Trinajstić information content (AvgIpc) is 2.55. The van der Waals surface area contributed by atoms with Crippen molar-refractivity contribution in [3.8, 4) is 6.07 Å². The van der Waals surface area contributed by atoms with Crippen molar-refractivity contribution in [1.82, 2.24) is 0 Å². The molecule has 0 aromatic rings. The predicted molar refractivity (Wildman–Crippen MR) is 59.5 cm³/mol. The fraction of sp³-hybridized carbons (Fsp3) is 0.692. The molecule has 0 spiro atoms. The van der Waals surface area contributed by atoms with Gasteiger partial charge < -0.3 is 5.11 Å². The summed E-state index contributed by atoms with van der Waals surface area (Å²) in [5.41, 5.74) is 1.18. The highest BCUT2D eigenvalue weighted by atomic mass is 16.4. The first kappa shape index (κ1) is 11.2. The second kappa shape index (κ2) is 3.93. The Balaban J connectivity index is 2.15. The van der Waals surface area contributed by atoms with Crippen molar-refractivity contribution < 1.29 is 9.90 Å². The number of aliphatic carboxylic acids is 1. The van der Waals surface area contributed by atoms with Crippen LogP contribution in [0.15, 0.2) is 11.6 Å². The minimum absolute atomic E-state index is 0.148. The van der Waals surface area contributed by atoms with Gasteiger partial charge in [-0.3, -0.25) is 4.79 Å². The van der Waals surface area contributed by atoms with E-state index >= 15 is 0 Å². The van der Waals surface area contributed by atoms with E-state index in [2.05, 4.69) is 19.1 Å². The molecule has 1 N–H and O–H groups in total. The topological polar surface area (TPSA) is 61.1 Å². The maximum atomic E-state index is 10.9. The van der Waals surface area contributed by atoms with Gasteiger partial charge in [-0.2, -0.15) is 5.26 Å². The molecule has 1 fully saturated rings. The van der Waals surface area contributed by atoms with Crippen molar-refractivity contribution in [1.29, 1.82) is 5.26 Å². The van der Waals surface area contributed by atoms with Gasteiger partial charge in [0.2, 0.25) is 0 Å². The molecule has 0 saturated heterocycles. The minimum Gasteiger partial charge on any atom is -0.481 e. The lowest BCUT2D eigenvalue weighted by atomic mass is 9.52. The third-order valence-corrected chi connectivity index (χ3v) is 4.21. The molecule has 16 heavy (non-hydrogen) atoms. The van der Waals surface area contributed by atoms with E-state index < -0.39 is 5.97 Å². The number of hydrogen-bond acceptors (Lipinski definition) is 2. The van der Waals surface area contributed by atoms with Crippen molar-refractivity contribution >= 4 is 5.97 Å². The number of nitriles is 1. The van der Waals surface area contributed by atoms with Gasteiger partial charge in [0.05, 0.1) is 12.5 Å². The van der Waals surface area contributed by atoms with E-state index in [1.165, 1.54) is 5.57 Å². The summed E-state index contributed by atoms with van der Waals surface area (Å²) in [7, 11) is 0. The van der Waals surface area contributed by atoms with Gasteiger partial charge in [0.1, 0.15) is 0 Å². The molecule has 2 aliphatic rings. The SMILES string of the molecule is CCC1=C[C@@H]2[C@H](C1)C[C@]2(CC#N)CC(=O)O. The summed E-state index contributed by atoms with van der Waals surface area (Å²) in [6.45, 7) is 2.14. The van der Waals surface area contributed by atoms with Crippen LogP contribution in [0.3, 0.4) is 0 Å². The third-order valence-electron chi connectivity index (χ3n) is 4.21. The maximum absolute atomic E-state index is 10.9. The van der Waals surface area contributed by atoms with Gasteiger partial charge in [0.15, 0.2) is 0 Å². The van der Waals surface area contributed by atoms with Crippen molar-refractivity contribution in [2.75, 3.05) is 0 Å². The van der Waals surface area contributed by atoms with Crippen LogP contribution in [0.25, 0.3) is 0 Å². The lowest BCUT2D eigenvalue weighted by Gasteiger charge is -2.50. The second-order valence-corrected chi connectivity index (χ2v) is 5.14. The molecule has 0 bridgehead atoms. The van der Waals surface area contributed by atoms with Crippen LogP contribution in [0.1, 0.15) is 39.0 Å². The number of nitrogens with zero attached hydrogens (tertiary/aromatic N) is 1. The smallest absolute Gasteiger partial charge is 0.303 e. The standard InChI is InChI=1S/C13H17NO2/c1-2-9-5-10-7-13(3-4-14,8-12(15)16)11(10)6-9/h6,10-11H,2-3,5,7-8H2,1H3,(H,15,16)/t10-,11-,13-/m1/s1. The summed E-state index contributed by atoms with van der Waals surface area (Å²) in [6, 6.07) is 2.17. The van der Waals surface area contributed by atoms with Crippen LogP contribution in [-0.4, -0.2) is 11.1 Å². The molecule has 0 aliphatic heterocycles. The molecule has 0 heterocycles. The Morgan fingerprint density at radius 3 is 3.06 bits per heavy atom. The molecule has 0 aromatic heterocycles. The van der Waals surface area contributed by atoms with Crippen molar-refractivity contribution in [2.24, 2.45) is 17.3 Å². The van der Waals surface area contributed by atoms with Crippen LogP contribution in [0.2, 0.25) is 0 Å². The summed E-state index contributed by atoms with van der Waals surface area (Å²) in [4.78, 5) is 10.9. The van der Waals surface area contributed by atoms with Crippen LogP contribution in [0.5, 0.6) is 0 Å². The molecule has 0 amide bonds. The number of carboxylic acids is 1. The Kier molecular flexibility index (Phi) is 2.75. The zero-order chi connectivity index (χ0) is 11.8. The first-order valence-electron chi connectivity index (χ1n) is 5.89. The Morgan fingerprint density at radius 2 is 2.50 bits per heavy atom. The first-order chi connectivity index (χ1) is 7.61. The van der Waals surface area contributed by atoms with E-state index in [9.17, 15) is 4.79 Å². The van der Waals surface area contributed by atoms with E-state index in [0.29, 0.717) is 18.3 Å². The molecule has 86 valence electrons. The molecule has 0 unspecified atom stereocenters. The number of allylic oxidation sites excluding steroid dienone is 2. The fourth-order valence-electron chi connectivity index (χ4n) is 3.46. The lowest BCUT2D eigenvalue weighted by Crippen LogP contribution is -2.46. The number of rotatable bonds is 4. The molecule has 1 saturated carbocycles. The highest BCUT2D eigenvalue weighted by molar-refractivity contribution is 5.68. The lowest BCUT2D eigenvalue weighted by molar-refractivity contribution is -0.144. The summed E-state index contributed by atoms with van der Waals surface area (Å²) in [5, 5.41) is 17.8. The van der Waals surface area contributed by atoms with Gasteiger partial charge in [0.25, 0.3) is 0 Å². The van der Waals surface area contributed by atoms with Gasteiger partial charge in [0, 0.05) is 11.8 Å². The number of hydrogen-bond donors (Lipinski definition) is 1. The molecule has 2 rings (SSSR count). The largest absolute Gasteiger partial charge is 0.481 e. The highest BCUT2D eigenvalue weighted by Crippen LogP contribution is 2.61. The number of carboxylic acid groups (broad SMARTS) is 1. The zero-order valence-electron chi connectivity index (χ0n) is 9.57. The molecule has 3 heteroatoms. The number of fused-ring (bicyclic) bond motifs is 1. The first-order valence-corrected chi connectivity index (χ1v) is 5.89. The fourth-order valence-corrected chi connectivity index (χ4v) is 3.46. The minimum atomic E-state index is -0.771. The summed E-state index contributed by atoms with van der Waals surface area (Å²) >= 11 is 0. The molecule has 2 aliphatic carbocycles. The predicted octanol–water partition coefficient (Wildman–Crippen LogP) is 2.74. The van der Waals surface area contributed by atoms with Gasteiger partial charge in [-0.1, -0.05) is 18.6 Å².